The molecule has 1 N–H and O–H groups in total. The fraction of sp³-hybridized carbons (Fsp3) is 0.375. The van der Waals surface area contributed by atoms with E-state index in [9.17, 15) is 4.79 Å². The summed E-state index contributed by atoms with van der Waals surface area (Å²) in [5.41, 5.74) is 1.75. The number of hydrogen-bond acceptors (Lipinski definition) is 5. The minimum Gasteiger partial charge on any atom is -0.344 e. The van der Waals surface area contributed by atoms with Gasteiger partial charge in [-0.25, -0.2) is 15.0 Å². The first-order valence-electron chi connectivity index (χ1n) is 7.47. The van der Waals surface area contributed by atoms with Gasteiger partial charge in [0.15, 0.2) is 10.8 Å². The highest BCUT2D eigenvalue weighted by atomic mass is 32.1. The van der Waals surface area contributed by atoms with E-state index in [4.69, 9.17) is 0 Å². The Hall–Kier alpha value is -2.08. The Bertz CT molecular complexity index is 680. The monoisotopic (exact) mass is 314 g/mol. The van der Waals surface area contributed by atoms with Gasteiger partial charge in [-0.05, 0) is 38.7 Å². The molecule has 6 heteroatoms. The lowest BCUT2D eigenvalue weighted by Crippen LogP contribution is -2.34. The Morgan fingerprint density at radius 2 is 2.14 bits per heavy atom. The number of rotatable bonds is 4. The van der Waals surface area contributed by atoms with Crippen molar-refractivity contribution < 1.29 is 4.79 Å². The Morgan fingerprint density at radius 3 is 2.86 bits per heavy atom. The third-order valence-corrected chi connectivity index (χ3v) is 4.56. The zero-order valence-corrected chi connectivity index (χ0v) is 13.3. The first-order chi connectivity index (χ1) is 10.7. The van der Waals surface area contributed by atoms with Gasteiger partial charge in [0, 0.05) is 23.8 Å². The highest BCUT2D eigenvalue weighted by Gasteiger charge is 2.18. The molecule has 0 aliphatic heterocycles. The van der Waals surface area contributed by atoms with Crippen LogP contribution in [0.2, 0.25) is 0 Å². The highest BCUT2D eigenvalue weighted by molar-refractivity contribution is 7.13. The molecule has 2 heterocycles. The van der Waals surface area contributed by atoms with Crippen LogP contribution >= 0.6 is 11.3 Å². The normalized spacial score (nSPS) is 16.0. The van der Waals surface area contributed by atoms with Crippen LogP contribution in [-0.4, -0.2) is 26.9 Å². The van der Waals surface area contributed by atoms with Crippen LogP contribution in [0.15, 0.2) is 35.5 Å². The standard InChI is InChI=1S/C16H18N4OS/c1-11(12-6-3-2-4-7-12)19-15(21)13-10-22-16(20-13)14-17-8-5-9-18-14/h5-6,8-11H,2-4,7H2,1H3,(H,19,21)/t11-/m0/s1. The topological polar surface area (TPSA) is 67.8 Å². The van der Waals surface area contributed by atoms with Gasteiger partial charge in [0.2, 0.25) is 0 Å². The maximum atomic E-state index is 12.3. The molecule has 0 saturated heterocycles. The molecule has 1 amide bonds. The van der Waals surface area contributed by atoms with Crippen LogP contribution in [0.3, 0.4) is 0 Å². The molecule has 0 unspecified atom stereocenters. The summed E-state index contributed by atoms with van der Waals surface area (Å²) in [4.78, 5) is 25.0. The molecule has 0 bridgehead atoms. The van der Waals surface area contributed by atoms with Crippen LogP contribution in [-0.2, 0) is 0 Å². The van der Waals surface area contributed by atoms with Gasteiger partial charge in [0.1, 0.15) is 5.69 Å². The average Bonchev–Trinajstić information content (AvgIpc) is 3.06. The molecule has 1 atom stereocenters. The van der Waals surface area contributed by atoms with E-state index in [1.807, 2.05) is 6.92 Å². The van der Waals surface area contributed by atoms with E-state index in [2.05, 4.69) is 26.3 Å². The second-order valence-electron chi connectivity index (χ2n) is 5.33. The van der Waals surface area contributed by atoms with Crippen molar-refractivity contribution in [3.8, 4) is 10.8 Å². The van der Waals surface area contributed by atoms with Crippen LogP contribution in [0.1, 0.15) is 43.1 Å². The van der Waals surface area contributed by atoms with Crippen molar-refractivity contribution in [2.45, 2.75) is 38.6 Å². The Labute approximate surface area is 133 Å². The quantitative estimate of drug-likeness (QED) is 0.880. The fourth-order valence-corrected chi connectivity index (χ4v) is 3.25. The summed E-state index contributed by atoms with van der Waals surface area (Å²) in [6.07, 6.45) is 10.2. The van der Waals surface area contributed by atoms with E-state index in [0.29, 0.717) is 16.5 Å². The summed E-state index contributed by atoms with van der Waals surface area (Å²) >= 11 is 1.38. The fourth-order valence-electron chi connectivity index (χ4n) is 2.51. The third-order valence-electron chi connectivity index (χ3n) is 3.72. The van der Waals surface area contributed by atoms with Crippen LogP contribution in [0.4, 0.5) is 0 Å². The zero-order chi connectivity index (χ0) is 15.4. The van der Waals surface area contributed by atoms with Crippen molar-refractivity contribution in [1.82, 2.24) is 20.3 Å². The molecule has 3 rings (SSSR count). The maximum absolute atomic E-state index is 12.3. The number of thiazole rings is 1. The van der Waals surface area contributed by atoms with Gasteiger partial charge in [-0.15, -0.1) is 11.3 Å². The average molecular weight is 314 g/mol. The van der Waals surface area contributed by atoms with Gasteiger partial charge >= 0.3 is 0 Å². The number of allylic oxidation sites excluding steroid dienone is 1. The highest BCUT2D eigenvalue weighted by Crippen LogP contribution is 2.22. The minimum atomic E-state index is -0.141. The van der Waals surface area contributed by atoms with E-state index in [1.54, 1.807) is 23.8 Å². The van der Waals surface area contributed by atoms with E-state index >= 15 is 0 Å². The third kappa shape index (κ3) is 3.39. The molecule has 0 radical (unpaired) electrons. The Kier molecular flexibility index (Phi) is 4.58. The lowest BCUT2D eigenvalue weighted by Gasteiger charge is -2.20. The SMILES string of the molecule is C[C@H](NC(=O)c1csc(-c2ncccn2)n1)C1=CCCCC1. The van der Waals surface area contributed by atoms with Crippen LogP contribution < -0.4 is 5.32 Å². The number of hydrogen-bond donors (Lipinski definition) is 1. The van der Waals surface area contributed by atoms with Crippen LogP contribution in [0.25, 0.3) is 10.8 Å². The molecule has 1 aliphatic rings. The van der Waals surface area contributed by atoms with Gasteiger partial charge in [0.25, 0.3) is 5.91 Å². The predicted octanol–water partition coefficient (Wildman–Crippen LogP) is 3.22. The summed E-state index contributed by atoms with van der Waals surface area (Å²) in [5, 5.41) is 5.44. The van der Waals surface area contributed by atoms with Gasteiger partial charge in [-0.3, -0.25) is 4.79 Å². The number of aromatic nitrogens is 3. The number of amides is 1. The molecule has 22 heavy (non-hydrogen) atoms. The van der Waals surface area contributed by atoms with E-state index in [0.717, 1.165) is 12.8 Å². The molecule has 2 aromatic heterocycles. The van der Waals surface area contributed by atoms with Crippen molar-refractivity contribution in [3.05, 3.63) is 41.2 Å². The van der Waals surface area contributed by atoms with Gasteiger partial charge in [0.05, 0.1) is 0 Å². The molecule has 0 spiro atoms. The van der Waals surface area contributed by atoms with E-state index in [-0.39, 0.29) is 11.9 Å². The smallest absolute Gasteiger partial charge is 0.271 e. The molecule has 2 aromatic rings. The van der Waals surface area contributed by atoms with E-state index < -0.39 is 0 Å². The van der Waals surface area contributed by atoms with E-state index in [1.165, 1.54) is 29.8 Å². The number of nitrogens with one attached hydrogen (secondary N) is 1. The van der Waals surface area contributed by atoms with Crippen molar-refractivity contribution in [2.75, 3.05) is 0 Å². The number of nitrogens with zero attached hydrogens (tertiary/aromatic N) is 3. The summed E-state index contributed by atoms with van der Waals surface area (Å²) < 4.78 is 0. The predicted molar refractivity (Wildman–Crippen MR) is 86.6 cm³/mol. The molecular weight excluding hydrogens is 296 g/mol. The molecule has 0 saturated carbocycles. The van der Waals surface area contributed by atoms with Crippen molar-refractivity contribution in [2.24, 2.45) is 0 Å². The summed E-state index contributed by atoms with van der Waals surface area (Å²) in [7, 11) is 0. The largest absolute Gasteiger partial charge is 0.344 e. The van der Waals surface area contributed by atoms with Gasteiger partial charge in [-0.2, -0.15) is 0 Å². The second-order valence-corrected chi connectivity index (χ2v) is 6.19. The zero-order valence-electron chi connectivity index (χ0n) is 12.5. The molecule has 5 nitrogen and oxygen atoms in total. The lowest BCUT2D eigenvalue weighted by atomic mass is 9.95. The maximum Gasteiger partial charge on any atom is 0.271 e. The van der Waals surface area contributed by atoms with Gasteiger partial charge in [-0.1, -0.05) is 11.6 Å². The minimum absolute atomic E-state index is 0.0610. The molecule has 0 fully saturated rings. The van der Waals surface area contributed by atoms with Crippen molar-refractivity contribution in [3.63, 3.8) is 0 Å². The van der Waals surface area contributed by atoms with Gasteiger partial charge < -0.3 is 5.32 Å². The number of carbonyl (C=O) groups excluding carboxylic acids is 1. The first kappa shape index (κ1) is 14.8. The summed E-state index contributed by atoms with van der Waals surface area (Å²) in [5.74, 6) is 0.409. The van der Waals surface area contributed by atoms with Crippen LogP contribution in [0.5, 0.6) is 0 Å². The summed E-state index contributed by atoms with van der Waals surface area (Å²) in [6.45, 7) is 2.03. The Balaban J connectivity index is 1.68. The first-order valence-corrected chi connectivity index (χ1v) is 8.34. The Morgan fingerprint density at radius 1 is 1.32 bits per heavy atom. The van der Waals surface area contributed by atoms with Crippen molar-refractivity contribution >= 4 is 17.2 Å². The molecule has 0 aromatic carbocycles. The molecule has 114 valence electrons. The lowest BCUT2D eigenvalue weighted by molar-refractivity contribution is 0.0940. The van der Waals surface area contributed by atoms with Crippen LogP contribution in [0, 0.1) is 0 Å². The second kappa shape index (κ2) is 6.79. The molecule has 1 aliphatic carbocycles. The van der Waals surface area contributed by atoms with Crippen molar-refractivity contribution in [1.29, 1.82) is 0 Å². The molecular formula is C16H18N4OS. The number of carbonyl (C=O) groups is 1. The summed E-state index contributed by atoms with van der Waals surface area (Å²) in [6, 6.07) is 1.82.